The molecule has 0 saturated carbocycles. The minimum atomic E-state index is -1.18. The summed E-state index contributed by atoms with van der Waals surface area (Å²) in [5.41, 5.74) is 6.27. The fourth-order valence-electron chi connectivity index (χ4n) is 4.72. The number of quaternary nitrogens is 1. The molecule has 2 aliphatic rings. The van der Waals surface area contributed by atoms with E-state index in [0.717, 1.165) is 26.2 Å². The molecule has 1 aliphatic heterocycles. The third kappa shape index (κ3) is 3.27. The summed E-state index contributed by atoms with van der Waals surface area (Å²) in [5, 5.41) is 17.9. The minimum absolute atomic E-state index is 0.171. The van der Waals surface area contributed by atoms with E-state index in [4.69, 9.17) is 0 Å². The van der Waals surface area contributed by atoms with Gasteiger partial charge in [0.25, 0.3) is 0 Å². The van der Waals surface area contributed by atoms with Gasteiger partial charge in [0, 0.05) is 22.3 Å². The van der Waals surface area contributed by atoms with Crippen molar-refractivity contribution in [2.75, 3.05) is 26.2 Å². The van der Waals surface area contributed by atoms with E-state index in [9.17, 15) is 9.90 Å². The second kappa shape index (κ2) is 7.76. The fourth-order valence-corrected chi connectivity index (χ4v) is 4.72. The van der Waals surface area contributed by atoms with Crippen LogP contribution in [0.25, 0.3) is 11.1 Å². The number of carbonyl (C=O) groups excluding carboxylic acids is 1. The van der Waals surface area contributed by atoms with E-state index in [1.165, 1.54) is 22.3 Å². The summed E-state index contributed by atoms with van der Waals surface area (Å²) in [6.45, 7) is 3.62. The first kappa shape index (κ1) is 18.6. The summed E-state index contributed by atoms with van der Waals surface area (Å²) in [6.07, 6.45) is 1.64. The molecule has 3 aromatic carbocycles. The van der Waals surface area contributed by atoms with Crippen LogP contribution < -0.4 is 10.0 Å². The highest BCUT2D eigenvalue weighted by atomic mass is 16.4. The van der Waals surface area contributed by atoms with E-state index in [1.54, 1.807) is 29.3 Å². The van der Waals surface area contributed by atoms with Crippen molar-refractivity contribution in [2.24, 2.45) is 5.10 Å². The van der Waals surface area contributed by atoms with Gasteiger partial charge in [-0.15, -0.1) is 0 Å². The van der Waals surface area contributed by atoms with Gasteiger partial charge in [0.1, 0.15) is 6.04 Å². The predicted molar refractivity (Wildman–Crippen MR) is 114 cm³/mol. The lowest BCUT2D eigenvalue weighted by molar-refractivity contribution is -0.929. The number of nitrogens with one attached hydrogen (secondary N) is 1. The summed E-state index contributed by atoms with van der Waals surface area (Å²) < 4.78 is 0. The molecule has 1 saturated heterocycles. The second-order valence-corrected chi connectivity index (χ2v) is 7.84. The van der Waals surface area contributed by atoms with Crippen molar-refractivity contribution in [1.82, 2.24) is 5.01 Å². The van der Waals surface area contributed by atoms with Crippen LogP contribution in [0.4, 0.5) is 0 Å². The van der Waals surface area contributed by atoms with Crippen LogP contribution in [0.5, 0.6) is 0 Å². The molecular weight excluding hydrogens is 374 g/mol. The van der Waals surface area contributed by atoms with Gasteiger partial charge in [0.05, 0.1) is 38.4 Å². The summed E-state index contributed by atoms with van der Waals surface area (Å²) in [6, 6.07) is 24.6. The normalized spacial score (nSPS) is 16.6. The first-order valence-corrected chi connectivity index (χ1v) is 10.3. The smallest absolute Gasteiger partial charge is 0.140 e. The molecule has 1 fully saturated rings. The topological polar surface area (TPSA) is 60.2 Å². The van der Waals surface area contributed by atoms with Gasteiger partial charge in [-0.05, 0) is 11.1 Å². The number of carboxylic acids is 1. The highest BCUT2D eigenvalue weighted by molar-refractivity contribution is 5.97. The molecule has 5 heteroatoms. The largest absolute Gasteiger partial charge is 0.545 e. The van der Waals surface area contributed by atoms with Crippen molar-refractivity contribution >= 4 is 12.2 Å². The van der Waals surface area contributed by atoms with E-state index in [2.05, 4.69) is 53.6 Å². The van der Waals surface area contributed by atoms with E-state index in [-0.39, 0.29) is 5.56 Å². The van der Waals surface area contributed by atoms with Crippen molar-refractivity contribution in [3.05, 3.63) is 95.1 Å². The van der Waals surface area contributed by atoms with Crippen molar-refractivity contribution in [3.8, 4) is 11.1 Å². The Hall–Kier alpha value is -3.44. The van der Waals surface area contributed by atoms with Gasteiger partial charge >= 0.3 is 0 Å². The van der Waals surface area contributed by atoms with Gasteiger partial charge in [0.15, 0.2) is 0 Å². The SMILES string of the molecule is O=C([O-])c1ccccc1/C=N/N1CC[NH+](C2c3ccccc3-c3ccccc32)CC1. The van der Waals surface area contributed by atoms with Crippen LogP contribution >= 0.6 is 0 Å². The molecule has 5 nitrogen and oxygen atoms in total. The number of fused-ring (bicyclic) bond motifs is 3. The van der Waals surface area contributed by atoms with Crippen molar-refractivity contribution in [3.63, 3.8) is 0 Å². The number of nitrogens with zero attached hydrogens (tertiary/aromatic N) is 2. The molecule has 0 spiro atoms. The Morgan fingerprint density at radius 3 is 2.10 bits per heavy atom. The van der Waals surface area contributed by atoms with Crippen LogP contribution in [0.2, 0.25) is 0 Å². The van der Waals surface area contributed by atoms with Crippen LogP contribution in [-0.2, 0) is 0 Å². The predicted octanol–water partition coefficient (Wildman–Crippen LogP) is 1.35. The maximum atomic E-state index is 11.3. The first-order chi connectivity index (χ1) is 14.7. The van der Waals surface area contributed by atoms with Gasteiger partial charge in [-0.1, -0.05) is 72.8 Å². The van der Waals surface area contributed by atoms with Crippen LogP contribution in [0.1, 0.15) is 33.1 Å². The van der Waals surface area contributed by atoms with Gasteiger partial charge in [0.2, 0.25) is 0 Å². The van der Waals surface area contributed by atoms with Crippen molar-refractivity contribution in [1.29, 1.82) is 0 Å². The number of carboxylic acid groups (broad SMARTS) is 1. The number of carbonyl (C=O) groups is 1. The Kier molecular flexibility index (Phi) is 4.81. The molecule has 0 bridgehead atoms. The summed E-state index contributed by atoms with van der Waals surface area (Å²) in [5.74, 6) is -1.18. The zero-order valence-corrected chi connectivity index (χ0v) is 16.6. The zero-order valence-electron chi connectivity index (χ0n) is 16.6. The van der Waals surface area contributed by atoms with E-state index in [0.29, 0.717) is 11.6 Å². The van der Waals surface area contributed by atoms with E-state index in [1.807, 2.05) is 11.1 Å². The molecule has 0 unspecified atom stereocenters. The average molecular weight is 397 g/mol. The lowest BCUT2D eigenvalue weighted by Crippen LogP contribution is -3.14. The molecule has 30 heavy (non-hydrogen) atoms. The average Bonchev–Trinajstić information content (AvgIpc) is 3.13. The number of hydrogen-bond donors (Lipinski definition) is 1. The van der Waals surface area contributed by atoms with Crippen molar-refractivity contribution < 1.29 is 14.8 Å². The number of hydrazone groups is 1. The van der Waals surface area contributed by atoms with E-state index < -0.39 is 5.97 Å². The third-order valence-electron chi connectivity index (χ3n) is 6.16. The molecule has 5 rings (SSSR count). The highest BCUT2D eigenvalue weighted by Crippen LogP contribution is 2.41. The highest BCUT2D eigenvalue weighted by Gasteiger charge is 2.37. The van der Waals surface area contributed by atoms with Crippen LogP contribution in [0.3, 0.4) is 0 Å². The number of aromatic carboxylic acids is 1. The third-order valence-corrected chi connectivity index (χ3v) is 6.16. The summed E-state index contributed by atoms with van der Waals surface area (Å²) in [4.78, 5) is 12.8. The number of benzene rings is 3. The molecule has 3 aromatic rings. The fraction of sp³-hybridized carbons (Fsp3) is 0.200. The number of hydrogen-bond acceptors (Lipinski definition) is 4. The molecule has 150 valence electrons. The number of rotatable bonds is 4. The maximum Gasteiger partial charge on any atom is 0.140 e. The van der Waals surface area contributed by atoms with Gasteiger partial charge in [-0.25, -0.2) is 0 Å². The Bertz CT molecular complexity index is 1070. The first-order valence-electron chi connectivity index (χ1n) is 10.3. The minimum Gasteiger partial charge on any atom is -0.545 e. The Morgan fingerprint density at radius 2 is 1.47 bits per heavy atom. The molecule has 0 amide bonds. The molecule has 1 N–H and O–H groups in total. The lowest BCUT2D eigenvalue weighted by atomic mass is 10.0. The Labute approximate surface area is 175 Å². The molecule has 1 aliphatic carbocycles. The van der Waals surface area contributed by atoms with Crippen LogP contribution in [0.15, 0.2) is 77.9 Å². The maximum absolute atomic E-state index is 11.3. The Balaban J connectivity index is 1.32. The second-order valence-electron chi connectivity index (χ2n) is 7.84. The molecule has 1 heterocycles. The number of piperazine rings is 1. The Morgan fingerprint density at radius 1 is 0.900 bits per heavy atom. The van der Waals surface area contributed by atoms with Crippen LogP contribution in [-0.4, -0.2) is 43.4 Å². The van der Waals surface area contributed by atoms with Crippen LogP contribution in [0, 0.1) is 0 Å². The van der Waals surface area contributed by atoms with E-state index >= 15 is 0 Å². The standard InChI is InChI=1S/C25H23N3O2/c29-25(30)19-8-2-1-7-18(19)17-26-28-15-13-27(14-16-28)24-22-11-5-3-9-20(22)21-10-4-6-12-23(21)24/h1-12,17,24H,13-16H2,(H,29,30)/b26-17+. The molecule has 0 radical (unpaired) electrons. The lowest BCUT2D eigenvalue weighted by Gasteiger charge is -2.34. The molecular formula is C25H23N3O2. The zero-order chi connectivity index (χ0) is 20.5. The van der Waals surface area contributed by atoms with Gasteiger partial charge in [-0.2, -0.15) is 5.10 Å². The summed E-state index contributed by atoms with van der Waals surface area (Å²) >= 11 is 0. The van der Waals surface area contributed by atoms with Crippen molar-refractivity contribution in [2.45, 2.75) is 6.04 Å². The summed E-state index contributed by atoms with van der Waals surface area (Å²) in [7, 11) is 0. The molecule has 0 atom stereocenters. The van der Waals surface area contributed by atoms with Gasteiger partial charge < -0.3 is 14.8 Å². The molecule has 0 aromatic heterocycles. The monoisotopic (exact) mass is 397 g/mol. The van der Waals surface area contributed by atoms with Gasteiger partial charge in [-0.3, -0.25) is 5.01 Å². The quantitative estimate of drug-likeness (QED) is 0.677.